The number of amides is 2. The predicted octanol–water partition coefficient (Wildman–Crippen LogP) is 2.72. The molecular formula is C21H33N3O3. The number of carbonyl (C=O) groups excluding carboxylic acids is 2. The molecule has 1 saturated heterocycles. The van der Waals surface area contributed by atoms with Crippen molar-refractivity contribution in [1.82, 2.24) is 15.5 Å². The topological polar surface area (TPSA) is 70.7 Å². The summed E-state index contributed by atoms with van der Waals surface area (Å²) in [5.41, 5.74) is 0.388. The zero-order valence-corrected chi connectivity index (χ0v) is 16.8. The summed E-state index contributed by atoms with van der Waals surface area (Å²) in [7, 11) is 0. The van der Waals surface area contributed by atoms with Crippen molar-refractivity contribution in [3.63, 3.8) is 0 Å². The van der Waals surface area contributed by atoms with Crippen LogP contribution in [0.4, 0.5) is 4.79 Å². The third-order valence-corrected chi connectivity index (χ3v) is 4.44. The Morgan fingerprint density at radius 1 is 1.15 bits per heavy atom. The van der Waals surface area contributed by atoms with Crippen molar-refractivity contribution in [3.05, 3.63) is 35.9 Å². The Hall–Kier alpha value is -2.08. The van der Waals surface area contributed by atoms with E-state index in [4.69, 9.17) is 4.74 Å². The third-order valence-electron chi connectivity index (χ3n) is 4.44. The highest BCUT2D eigenvalue weighted by Gasteiger charge is 2.24. The van der Waals surface area contributed by atoms with Gasteiger partial charge in [0.2, 0.25) is 5.91 Å². The van der Waals surface area contributed by atoms with Gasteiger partial charge in [0.25, 0.3) is 0 Å². The molecule has 1 heterocycles. The molecule has 0 aromatic heterocycles. The van der Waals surface area contributed by atoms with Gasteiger partial charge in [-0.05, 0) is 65.2 Å². The van der Waals surface area contributed by atoms with Gasteiger partial charge in [-0.1, -0.05) is 30.3 Å². The highest BCUT2D eigenvalue weighted by molar-refractivity contribution is 5.86. The molecule has 1 atom stereocenters. The normalized spacial score (nSPS) is 16.0. The number of hydrogen-bond donors (Lipinski definition) is 2. The molecule has 0 saturated carbocycles. The van der Waals surface area contributed by atoms with Crippen molar-refractivity contribution < 1.29 is 14.3 Å². The lowest BCUT2D eigenvalue weighted by molar-refractivity contribution is -0.123. The van der Waals surface area contributed by atoms with Gasteiger partial charge in [-0.25, -0.2) is 4.79 Å². The van der Waals surface area contributed by atoms with Gasteiger partial charge >= 0.3 is 6.09 Å². The van der Waals surface area contributed by atoms with Gasteiger partial charge in [-0.3, -0.25) is 4.79 Å². The fourth-order valence-electron chi connectivity index (χ4n) is 3.15. The van der Waals surface area contributed by atoms with Crippen molar-refractivity contribution in [1.29, 1.82) is 0 Å². The van der Waals surface area contributed by atoms with Crippen LogP contribution in [0.5, 0.6) is 0 Å². The Kier molecular flexibility index (Phi) is 8.10. The minimum Gasteiger partial charge on any atom is -0.444 e. The lowest BCUT2D eigenvalue weighted by Crippen LogP contribution is -2.49. The maximum Gasteiger partial charge on any atom is 0.408 e. The second-order valence-electron chi connectivity index (χ2n) is 8.08. The quantitative estimate of drug-likeness (QED) is 0.686. The first kappa shape index (κ1) is 21.2. The van der Waals surface area contributed by atoms with Gasteiger partial charge in [0, 0.05) is 13.0 Å². The molecule has 2 N–H and O–H groups in total. The number of hydrogen-bond acceptors (Lipinski definition) is 4. The average Bonchev–Trinajstić information content (AvgIpc) is 3.10. The van der Waals surface area contributed by atoms with Crippen LogP contribution in [0.2, 0.25) is 0 Å². The number of carbonyl (C=O) groups is 2. The largest absolute Gasteiger partial charge is 0.444 e. The highest BCUT2D eigenvalue weighted by Crippen LogP contribution is 2.09. The molecule has 6 heteroatoms. The van der Waals surface area contributed by atoms with Crippen LogP contribution in [0.15, 0.2) is 30.3 Å². The molecule has 2 amide bonds. The SMILES string of the molecule is CC(C)(C)OC(=O)NC(Cc1ccccc1)C(=O)NCCCN1CCCC1. The van der Waals surface area contributed by atoms with Gasteiger partial charge in [-0.2, -0.15) is 0 Å². The third kappa shape index (κ3) is 8.43. The summed E-state index contributed by atoms with van der Waals surface area (Å²) in [5, 5.41) is 5.68. The maximum absolute atomic E-state index is 12.6. The van der Waals surface area contributed by atoms with E-state index in [1.807, 2.05) is 30.3 Å². The van der Waals surface area contributed by atoms with Crippen molar-refractivity contribution in [3.8, 4) is 0 Å². The first-order valence-corrected chi connectivity index (χ1v) is 9.87. The Morgan fingerprint density at radius 2 is 1.81 bits per heavy atom. The summed E-state index contributed by atoms with van der Waals surface area (Å²) in [6.45, 7) is 9.33. The van der Waals surface area contributed by atoms with Crippen LogP contribution >= 0.6 is 0 Å². The van der Waals surface area contributed by atoms with Crippen LogP contribution in [0.1, 0.15) is 45.6 Å². The molecule has 1 aliphatic heterocycles. The van der Waals surface area contributed by atoms with E-state index in [0.717, 1.165) is 31.6 Å². The molecule has 1 aromatic rings. The molecule has 1 unspecified atom stereocenters. The Labute approximate surface area is 162 Å². The molecule has 6 nitrogen and oxygen atoms in total. The van der Waals surface area contributed by atoms with Gasteiger partial charge in [0.1, 0.15) is 11.6 Å². The van der Waals surface area contributed by atoms with Gasteiger partial charge in [-0.15, -0.1) is 0 Å². The lowest BCUT2D eigenvalue weighted by Gasteiger charge is -2.23. The van der Waals surface area contributed by atoms with Crippen molar-refractivity contribution >= 4 is 12.0 Å². The molecule has 27 heavy (non-hydrogen) atoms. The van der Waals surface area contributed by atoms with E-state index in [-0.39, 0.29) is 5.91 Å². The average molecular weight is 376 g/mol. The van der Waals surface area contributed by atoms with Crippen molar-refractivity contribution in [2.24, 2.45) is 0 Å². The molecular weight excluding hydrogens is 342 g/mol. The second kappa shape index (κ2) is 10.3. The Balaban J connectivity index is 1.86. The summed E-state index contributed by atoms with van der Waals surface area (Å²) in [5.74, 6) is -0.175. The van der Waals surface area contributed by atoms with Crippen LogP contribution < -0.4 is 10.6 Å². The van der Waals surface area contributed by atoms with E-state index in [2.05, 4.69) is 15.5 Å². The van der Waals surface area contributed by atoms with Crippen LogP contribution in [-0.4, -0.2) is 54.7 Å². The van der Waals surface area contributed by atoms with Crippen molar-refractivity contribution in [2.45, 2.75) is 58.1 Å². The van der Waals surface area contributed by atoms with Gasteiger partial charge in [0.05, 0.1) is 0 Å². The summed E-state index contributed by atoms with van der Waals surface area (Å²) in [6, 6.07) is 9.02. The molecule has 0 radical (unpaired) electrons. The molecule has 0 bridgehead atoms. The number of likely N-dealkylation sites (tertiary alicyclic amines) is 1. The number of rotatable bonds is 8. The fraction of sp³-hybridized carbons (Fsp3) is 0.619. The molecule has 150 valence electrons. The van der Waals surface area contributed by atoms with Crippen LogP contribution in [0, 0.1) is 0 Å². The van der Waals surface area contributed by atoms with E-state index >= 15 is 0 Å². The summed E-state index contributed by atoms with van der Waals surface area (Å²) in [4.78, 5) is 27.2. The first-order chi connectivity index (χ1) is 12.8. The summed E-state index contributed by atoms with van der Waals surface area (Å²) in [6.07, 6.45) is 3.31. The van der Waals surface area contributed by atoms with Crippen molar-refractivity contribution in [2.75, 3.05) is 26.2 Å². The molecule has 1 aliphatic rings. The van der Waals surface area contributed by atoms with E-state index in [1.165, 1.54) is 12.8 Å². The van der Waals surface area contributed by atoms with Crippen LogP contribution in [0.3, 0.4) is 0 Å². The highest BCUT2D eigenvalue weighted by atomic mass is 16.6. The van der Waals surface area contributed by atoms with Crippen LogP contribution in [-0.2, 0) is 16.0 Å². The number of benzene rings is 1. The fourth-order valence-corrected chi connectivity index (χ4v) is 3.15. The van der Waals surface area contributed by atoms with Gasteiger partial charge < -0.3 is 20.3 Å². The zero-order valence-electron chi connectivity index (χ0n) is 16.8. The minimum atomic E-state index is -0.658. The molecule has 2 rings (SSSR count). The number of alkyl carbamates (subject to hydrolysis) is 1. The Morgan fingerprint density at radius 3 is 2.44 bits per heavy atom. The number of nitrogens with zero attached hydrogens (tertiary/aromatic N) is 1. The predicted molar refractivity (Wildman–Crippen MR) is 107 cm³/mol. The van der Waals surface area contributed by atoms with E-state index in [1.54, 1.807) is 20.8 Å². The maximum atomic E-state index is 12.6. The summed E-state index contributed by atoms with van der Waals surface area (Å²) >= 11 is 0. The second-order valence-corrected chi connectivity index (χ2v) is 8.08. The molecule has 0 aliphatic carbocycles. The van der Waals surface area contributed by atoms with E-state index in [9.17, 15) is 9.59 Å². The standard InChI is InChI=1S/C21H33N3O3/c1-21(2,3)27-20(26)23-18(16-17-10-5-4-6-11-17)19(25)22-12-9-15-24-13-7-8-14-24/h4-6,10-11,18H,7-9,12-16H2,1-3H3,(H,22,25)(H,23,26). The number of nitrogens with one attached hydrogen (secondary N) is 2. The number of ether oxygens (including phenoxy) is 1. The zero-order chi connectivity index (χ0) is 19.7. The first-order valence-electron chi connectivity index (χ1n) is 9.87. The smallest absolute Gasteiger partial charge is 0.408 e. The minimum absolute atomic E-state index is 0.175. The lowest BCUT2D eigenvalue weighted by atomic mass is 10.1. The van der Waals surface area contributed by atoms with Gasteiger partial charge in [0.15, 0.2) is 0 Å². The van der Waals surface area contributed by atoms with E-state index in [0.29, 0.717) is 13.0 Å². The van der Waals surface area contributed by atoms with E-state index < -0.39 is 17.7 Å². The monoisotopic (exact) mass is 375 g/mol. The molecule has 1 aromatic carbocycles. The Bertz CT molecular complexity index is 592. The molecule has 0 spiro atoms. The summed E-state index contributed by atoms with van der Waals surface area (Å²) < 4.78 is 5.31. The molecule has 1 fully saturated rings. The van der Waals surface area contributed by atoms with Crippen LogP contribution in [0.25, 0.3) is 0 Å².